The highest BCUT2D eigenvalue weighted by molar-refractivity contribution is 5.51. The first kappa shape index (κ1) is 14.7. The number of rotatable bonds is 2. The molecule has 0 bridgehead atoms. The summed E-state index contributed by atoms with van der Waals surface area (Å²) >= 11 is 0. The zero-order valence-corrected chi connectivity index (χ0v) is 11.2. The minimum atomic E-state index is -4.62. The van der Waals surface area contributed by atoms with Crippen LogP contribution in [0.3, 0.4) is 0 Å². The lowest BCUT2D eigenvalue weighted by atomic mass is 10.1. The van der Waals surface area contributed by atoms with Gasteiger partial charge in [0.15, 0.2) is 0 Å². The van der Waals surface area contributed by atoms with Crippen molar-refractivity contribution in [1.29, 1.82) is 5.26 Å². The normalized spacial score (nSPS) is 11.2. The van der Waals surface area contributed by atoms with Crippen LogP contribution in [0.1, 0.15) is 16.8 Å². The fourth-order valence-corrected chi connectivity index (χ4v) is 1.85. The summed E-state index contributed by atoms with van der Waals surface area (Å²) in [6.45, 7) is 1.57. The molecule has 5 nitrogen and oxygen atoms in total. The quantitative estimate of drug-likeness (QED) is 0.864. The van der Waals surface area contributed by atoms with Gasteiger partial charge in [-0.1, -0.05) is 0 Å². The maximum atomic E-state index is 13.0. The number of nitriles is 1. The van der Waals surface area contributed by atoms with Gasteiger partial charge in [0.05, 0.1) is 5.69 Å². The highest BCUT2D eigenvalue weighted by Gasteiger charge is 2.35. The molecule has 0 atom stereocenters. The third-order valence-corrected chi connectivity index (χ3v) is 2.80. The Kier molecular flexibility index (Phi) is 3.51. The number of hydrogen-bond donors (Lipinski definition) is 1. The largest absolute Gasteiger partial charge is 0.437 e. The van der Waals surface area contributed by atoms with Crippen molar-refractivity contribution >= 4 is 5.69 Å². The summed E-state index contributed by atoms with van der Waals surface area (Å²) in [5.74, 6) is -0.485. The van der Waals surface area contributed by atoms with Gasteiger partial charge in [-0.25, -0.2) is 4.68 Å². The summed E-state index contributed by atoms with van der Waals surface area (Å²) in [6, 6.07) is 5.05. The summed E-state index contributed by atoms with van der Waals surface area (Å²) in [7, 11) is 1.48. The van der Waals surface area contributed by atoms with E-state index in [1.54, 1.807) is 6.92 Å². The second-order valence-electron chi connectivity index (χ2n) is 4.36. The Morgan fingerprint density at radius 1 is 1.38 bits per heavy atom. The monoisotopic (exact) mass is 296 g/mol. The Hall–Kier alpha value is -2.69. The third-order valence-electron chi connectivity index (χ3n) is 2.80. The van der Waals surface area contributed by atoms with Crippen molar-refractivity contribution in [3.8, 4) is 17.7 Å². The van der Waals surface area contributed by atoms with E-state index in [4.69, 9.17) is 15.7 Å². The zero-order chi connectivity index (χ0) is 15.8. The lowest BCUT2D eigenvalue weighted by Gasteiger charge is -2.14. The zero-order valence-electron chi connectivity index (χ0n) is 11.2. The molecule has 1 aromatic heterocycles. The number of benzene rings is 1. The SMILES string of the molecule is Cc1nn(C)c(Oc2ccc(N)cc2C(F)(F)F)c1C#N. The topological polar surface area (TPSA) is 76.9 Å². The highest BCUT2D eigenvalue weighted by atomic mass is 19.4. The molecule has 0 unspecified atom stereocenters. The van der Waals surface area contributed by atoms with Crippen LogP contribution in [0.2, 0.25) is 0 Å². The number of aryl methyl sites for hydroxylation is 2. The molecule has 8 heteroatoms. The van der Waals surface area contributed by atoms with Crippen molar-refractivity contribution in [2.45, 2.75) is 13.1 Å². The predicted octanol–water partition coefficient (Wildman–Crippen LogP) is 2.99. The van der Waals surface area contributed by atoms with E-state index in [0.717, 1.165) is 12.1 Å². The van der Waals surface area contributed by atoms with E-state index in [0.29, 0.717) is 5.69 Å². The minimum Gasteiger partial charge on any atom is -0.437 e. The molecule has 1 aromatic carbocycles. The summed E-state index contributed by atoms with van der Waals surface area (Å²) in [5, 5.41) is 13.0. The molecule has 0 saturated carbocycles. The van der Waals surface area contributed by atoms with Crippen molar-refractivity contribution in [2.75, 3.05) is 5.73 Å². The van der Waals surface area contributed by atoms with Crippen LogP contribution in [0.4, 0.5) is 18.9 Å². The van der Waals surface area contributed by atoms with Crippen molar-refractivity contribution in [1.82, 2.24) is 9.78 Å². The van der Waals surface area contributed by atoms with Crippen LogP contribution in [-0.2, 0) is 13.2 Å². The molecular weight excluding hydrogens is 285 g/mol. The van der Waals surface area contributed by atoms with Gasteiger partial charge in [0, 0.05) is 12.7 Å². The highest BCUT2D eigenvalue weighted by Crippen LogP contribution is 2.39. The van der Waals surface area contributed by atoms with E-state index in [9.17, 15) is 13.2 Å². The minimum absolute atomic E-state index is 0.0311. The van der Waals surface area contributed by atoms with Crippen LogP contribution in [0.15, 0.2) is 18.2 Å². The van der Waals surface area contributed by atoms with Gasteiger partial charge in [0.2, 0.25) is 5.88 Å². The number of anilines is 1. The van der Waals surface area contributed by atoms with Crippen molar-refractivity contribution < 1.29 is 17.9 Å². The van der Waals surface area contributed by atoms with Gasteiger partial charge >= 0.3 is 6.18 Å². The molecule has 0 aliphatic carbocycles. The Morgan fingerprint density at radius 3 is 2.62 bits per heavy atom. The summed E-state index contributed by atoms with van der Waals surface area (Å²) in [5.41, 5.74) is 4.80. The van der Waals surface area contributed by atoms with Gasteiger partial charge in [-0.2, -0.15) is 23.5 Å². The number of nitrogen functional groups attached to an aromatic ring is 1. The first-order chi connectivity index (χ1) is 9.74. The van der Waals surface area contributed by atoms with Crippen LogP contribution in [0, 0.1) is 18.3 Å². The fourth-order valence-electron chi connectivity index (χ4n) is 1.85. The molecule has 1 heterocycles. The lowest BCUT2D eigenvalue weighted by molar-refractivity contribution is -0.138. The number of aromatic nitrogens is 2. The van der Waals surface area contributed by atoms with Gasteiger partial charge in [-0.15, -0.1) is 0 Å². The third kappa shape index (κ3) is 2.76. The summed E-state index contributed by atoms with van der Waals surface area (Å²) < 4.78 is 45.5. The van der Waals surface area contributed by atoms with E-state index >= 15 is 0 Å². The van der Waals surface area contributed by atoms with E-state index in [1.165, 1.54) is 17.8 Å². The number of alkyl halides is 3. The Balaban J connectivity index is 2.53. The lowest BCUT2D eigenvalue weighted by Crippen LogP contribution is -2.09. The second kappa shape index (κ2) is 5.01. The van der Waals surface area contributed by atoms with E-state index < -0.39 is 17.5 Å². The molecule has 0 saturated heterocycles. The fraction of sp³-hybridized carbons (Fsp3) is 0.231. The van der Waals surface area contributed by atoms with Crippen LogP contribution in [0.5, 0.6) is 11.6 Å². The molecule has 21 heavy (non-hydrogen) atoms. The Bertz CT molecular complexity index is 728. The predicted molar refractivity (Wildman–Crippen MR) is 68.6 cm³/mol. The summed E-state index contributed by atoms with van der Waals surface area (Å²) in [6.07, 6.45) is -4.62. The maximum Gasteiger partial charge on any atom is 0.420 e. The van der Waals surface area contributed by atoms with Gasteiger partial charge in [0.1, 0.15) is 22.9 Å². The molecule has 2 N–H and O–H groups in total. The van der Waals surface area contributed by atoms with E-state index in [2.05, 4.69) is 5.10 Å². The van der Waals surface area contributed by atoms with Crippen LogP contribution in [0.25, 0.3) is 0 Å². The van der Waals surface area contributed by atoms with Crippen molar-refractivity contribution in [3.05, 3.63) is 35.0 Å². The number of nitrogens with zero attached hydrogens (tertiary/aromatic N) is 3. The number of ether oxygens (including phenoxy) is 1. The summed E-state index contributed by atoms with van der Waals surface area (Å²) in [4.78, 5) is 0. The maximum absolute atomic E-state index is 13.0. The molecule has 0 fully saturated rings. The first-order valence-electron chi connectivity index (χ1n) is 5.82. The standard InChI is InChI=1S/C13H11F3N4O/c1-7-9(6-17)12(20(2)19-7)21-11-4-3-8(18)5-10(11)13(14,15)16/h3-5H,18H2,1-2H3. The Labute approximate surface area is 118 Å². The molecule has 110 valence electrons. The van der Waals surface area contributed by atoms with Gasteiger partial charge in [0.25, 0.3) is 0 Å². The second-order valence-corrected chi connectivity index (χ2v) is 4.36. The molecule has 2 rings (SSSR count). The van der Waals surface area contributed by atoms with Crippen LogP contribution in [-0.4, -0.2) is 9.78 Å². The number of nitrogens with two attached hydrogens (primary N) is 1. The van der Waals surface area contributed by atoms with E-state index in [-0.39, 0.29) is 17.1 Å². The molecular formula is C13H11F3N4O. The smallest absolute Gasteiger partial charge is 0.420 e. The molecule has 0 aliphatic rings. The van der Waals surface area contributed by atoms with Crippen LogP contribution < -0.4 is 10.5 Å². The molecule has 0 amide bonds. The van der Waals surface area contributed by atoms with Gasteiger partial charge in [-0.3, -0.25) is 0 Å². The number of halogens is 3. The first-order valence-corrected chi connectivity index (χ1v) is 5.82. The van der Waals surface area contributed by atoms with Crippen LogP contribution >= 0.6 is 0 Å². The molecule has 2 aromatic rings. The van der Waals surface area contributed by atoms with Gasteiger partial charge < -0.3 is 10.5 Å². The molecule has 0 radical (unpaired) electrons. The molecule has 0 aliphatic heterocycles. The van der Waals surface area contributed by atoms with Crippen molar-refractivity contribution in [2.24, 2.45) is 7.05 Å². The molecule has 0 spiro atoms. The van der Waals surface area contributed by atoms with E-state index in [1.807, 2.05) is 6.07 Å². The average molecular weight is 296 g/mol. The van der Waals surface area contributed by atoms with Crippen molar-refractivity contribution in [3.63, 3.8) is 0 Å². The number of hydrogen-bond acceptors (Lipinski definition) is 4. The van der Waals surface area contributed by atoms with Gasteiger partial charge in [-0.05, 0) is 25.1 Å². The average Bonchev–Trinajstić information content (AvgIpc) is 2.64. The Morgan fingerprint density at radius 2 is 2.05 bits per heavy atom.